The Morgan fingerprint density at radius 3 is 3.00 bits per heavy atom. The van der Waals surface area contributed by atoms with E-state index in [1.54, 1.807) is 10.9 Å². The summed E-state index contributed by atoms with van der Waals surface area (Å²) in [7, 11) is 1.86. The highest BCUT2D eigenvalue weighted by Gasteiger charge is 2.27. The van der Waals surface area contributed by atoms with E-state index in [4.69, 9.17) is 15.2 Å². The molecular formula is C9H14BrN3O2. The first-order valence-corrected chi connectivity index (χ1v) is 5.61. The van der Waals surface area contributed by atoms with Crippen LogP contribution in [0.15, 0.2) is 10.7 Å². The molecule has 5 nitrogen and oxygen atoms in total. The summed E-state index contributed by atoms with van der Waals surface area (Å²) < 4.78 is 13.6. The molecule has 2 N–H and O–H groups in total. The summed E-state index contributed by atoms with van der Waals surface area (Å²) in [5.74, 6) is 0. The zero-order chi connectivity index (χ0) is 10.8. The molecule has 0 aliphatic carbocycles. The molecule has 1 aromatic rings. The predicted octanol–water partition coefficient (Wildman–Crippen LogP) is 0.598. The van der Waals surface area contributed by atoms with Gasteiger partial charge in [0.1, 0.15) is 6.10 Å². The van der Waals surface area contributed by atoms with E-state index in [1.165, 1.54) is 0 Å². The zero-order valence-electron chi connectivity index (χ0n) is 8.52. The maximum Gasteiger partial charge on any atom is 0.102 e. The molecule has 6 heteroatoms. The number of hydrogen-bond acceptors (Lipinski definition) is 4. The molecule has 0 radical (unpaired) electrons. The number of rotatable bonds is 2. The Morgan fingerprint density at radius 2 is 2.47 bits per heavy atom. The largest absolute Gasteiger partial charge is 0.376 e. The summed E-state index contributed by atoms with van der Waals surface area (Å²) in [6.07, 6.45) is 1.64. The lowest BCUT2D eigenvalue weighted by atomic mass is 10.1. The maximum atomic E-state index is 6.12. The second kappa shape index (κ2) is 4.61. The van der Waals surface area contributed by atoms with Gasteiger partial charge < -0.3 is 15.2 Å². The second-order valence-corrected chi connectivity index (χ2v) is 4.37. The van der Waals surface area contributed by atoms with Crippen LogP contribution in [0.1, 0.15) is 11.7 Å². The summed E-state index contributed by atoms with van der Waals surface area (Å²) >= 11 is 3.42. The van der Waals surface area contributed by atoms with Crippen LogP contribution in [0.5, 0.6) is 0 Å². The van der Waals surface area contributed by atoms with E-state index in [0.717, 1.165) is 10.2 Å². The van der Waals surface area contributed by atoms with Gasteiger partial charge in [0.15, 0.2) is 0 Å². The summed E-state index contributed by atoms with van der Waals surface area (Å²) in [5.41, 5.74) is 7.06. The monoisotopic (exact) mass is 275 g/mol. The first kappa shape index (κ1) is 11.1. The Labute approximate surface area is 96.7 Å². The van der Waals surface area contributed by atoms with Crippen molar-refractivity contribution >= 4 is 15.9 Å². The molecule has 2 unspecified atom stereocenters. The highest BCUT2D eigenvalue weighted by Crippen LogP contribution is 2.25. The molecule has 2 rings (SSSR count). The molecular weight excluding hydrogens is 262 g/mol. The summed E-state index contributed by atoms with van der Waals surface area (Å²) in [4.78, 5) is 0. The Kier molecular flexibility index (Phi) is 3.40. The molecule has 0 amide bonds. The van der Waals surface area contributed by atoms with E-state index in [0.29, 0.717) is 19.8 Å². The molecule has 0 saturated carbocycles. The Balaban J connectivity index is 2.15. The number of ether oxygens (including phenoxy) is 2. The number of aromatic nitrogens is 2. The lowest BCUT2D eigenvalue weighted by Crippen LogP contribution is -2.38. The normalized spacial score (nSPS) is 24.1. The highest BCUT2D eigenvalue weighted by molar-refractivity contribution is 9.10. The van der Waals surface area contributed by atoms with Crippen molar-refractivity contribution in [1.82, 2.24) is 9.78 Å². The van der Waals surface area contributed by atoms with Gasteiger partial charge in [0.05, 0.1) is 42.2 Å². The maximum absolute atomic E-state index is 6.12. The van der Waals surface area contributed by atoms with E-state index in [1.807, 2.05) is 7.05 Å². The van der Waals surface area contributed by atoms with Gasteiger partial charge in [-0.2, -0.15) is 5.10 Å². The molecule has 0 bridgehead atoms. The van der Waals surface area contributed by atoms with Gasteiger partial charge in [-0.15, -0.1) is 0 Å². The van der Waals surface area contributed by atoms with E-state index >= 15 is 0 Å². The van der Waals surface area contributed by atoms with Crippen LogP contribution < -0.4 is 5.73 Å². The van der Waals surface area contributed by atoms with Crippen molar-refractivity contribution in [2.45, 2.75) is 12.1 Å². The number of nitrogens with two attached hydrogens (primary N) is 1. The third-order valence-electron chi connectivity index (χ3n) is 2.50. The summed E-state index contributed by atoms with van der Waals surface area (Å²) in [5, 5.41) is 4.13. The minimum Gasteiger partial charge on any atom is -0.376 e. The fourth-order valence-corrected chi connectivity index (χ4v) is 2.30. The average Bonchev–Trinajstić information content (AvgIpc) is 2.59. The number of hydrogen-bond donors (Lipinski definition) is 1. The number of nitrogens with zero attached hydrogens (tertiary/aromatic N) is 2. The van der Waals surface area contributed by atoms with Gasteiger partial charge in [-0.1, -0.05) is 0 Å². The van der Waals surface area contributed by atoms with Gasteiger partial charge in [0, 0.05) is 7.05 Å². The van der Waals surface area contributed by atoms with Crippen molar-refractivity contribution in [2.24, 2.45) is 12.8 Å². The minimum absolute atomic E-state index is 0.0922. The third kappa shape index (κ3) is 2.23. The zero-order valence-corrected chi connectivity index (χ0v) is 10.1. The van der Waals surface area contributed by atoms with Crippen molar-refractivity contribution in [3.8, 4) is 0 Å². The topological polar surface area (TPSA) is 62.3 Å². The van der Waals surface area contributed by atoms with Crippen molar-refractivity contribution in [3.05, 3.63) is 16.4 Å². The quantitative estimate of drug-likeness (QED) is 0.859. The fourth-order valence-electron chi connectivity index (χ4n) is 1.68. The van der Waals surface area contributed by atoms with E-state index < -0.39 is 0 Å². The van der Waals surface area contributed by atoms with Crippen LogP contribution in [0, 0.1) is 0 Å². The molecule has 0 aromatic carbocycles. The van der Waals surface area contributed by atoms with E-state index in [9.17, 15) is 0 Å². The van der Waals surface area contributed by atoms with Crippen LogP contribution in [0.25, 0.3) is 0 Å². The van der Waals surface area contributed by atoms with Gasteiger partial charge in [0.2, 0.25) is 0 Å². The summed E-state index contributed by atoms with van der Waals surface area (Å²) in [6, 6.07) is -0.216. The Hall–Kier alpha value is -0.430. The van der Waals surface area contributed by atoms with Crippen LogP contribution in [0.3, 0.4) is 0 Å². The smallest absolute Gasteiger partial charge is 0.102 e. The van der Waals surface area contributed by atoms with Crippen LogP contribution in [0.2, 0.25) is 0 Å². The Morgan fingerprint density at radius 1 is 1.67 bits per heavy atom. The Bertz CT molecular complexity index is 317. The number of aryl methyl sites for hydroxylation is 1. The van der Waals surface area contributed by atoms with E-state index in [-0.39, 0.29) is 12.1 Å². The molecule has 1 aromatic heterocycles. The van der Waals surface area contributed by atoms with Crippen LogP contribution >= 0.6 is 15.9 Å². The average molecular weight is 276 g/mol. The van der Waals surface area contributed by atoms with Crippen LogP contribution in [0.4, 0.5) is 0 Å². The first-order chi connectivity index (χ1) is 7.20. The standard InChI is InChI=1S/C9H14BrN3O2/c1-13-9(6(10)4-12-13)8(11)7-5-14-2-3-15-7/h4,7-8H,2-3,5,11H2,1H3. The molecule has 1 aliphatic heterocycles. The second-order valence-electron chi connectivity index (χ2n) is 3.51. The van der Waals surface area contributed by atoms with Gasteiger partial charge in [-0.3, -0.25) is 4.68 Å². The highest BCUT2D eigenvalue weighted by atomic mass is 79.9. The third-order valence-corrected chi connectivity index (χ3v) is 3.11. The lowest BCUT2D eigenvalue weighted by molar-refractivity contribution is -0.0984. The molecule has 1 fully saturated rings. The van der Waals surface area contributed by atoms with Crippen molar-refractivity contribution in [3.63, 3.8) is 0 Å². The van der Waals surface area contributed by atoms with Gasteiger partial charge in [-0.05, 0) is 15.9 Å². The van der Waals surface area contributed by atoms with E-state index in [2.05, 4.69) is 21.0 Å². The molecule has 0 spiro atoms. The molecule has 2 heterocycles. The molecule has 1 aliphatic rings. The summed E-state index contributed by atoms with van der Waals surface area (Å²) in [6.45, 7) is 1.79. The first-order valence-electron chi connectivity index (χ1n) is 4.82. The van der Waals surface area contributed by atoms with Crippen LogP contribution in [-0.2, 0) is 16.5 Å². The molecule has 1 saturated heterocycles. The van der Waals surface area contributed by atoms with Crippen molar-refractivity contribution in [1.29, 1.82) is 0 Å². The van der Waals surface area contributed by atoms with Crippen LogP contribution in [-0.4, -0.2) is 35.7 Å². The fraction of sp³-hybridized carbons (Fsp3) is 0.667. The van der Waals surface area contributed by atoms with Gasteiger partial charge in [-0.25, -0.2) is 0 Å². The van der Waals surface area contributed by atoms with Crippen molar-refractivity contribution in [2.75, 3.05) is 19.8 Å². The lowest BCUT2D eigenvalue weighted by Gasteiger charge is -2.28. The molecule has 2 atom stereocenters. The van der Waals surface area contributed by atoms with Gasteiger partial charge in [0.25, 0.3) is 0 Å². The molecule has 84 valence electrons. The van der Waals surface area contributed by atoms with Crippen molar-refractivity contribution < 1.29 is 9.47 Å². The van der Waals surface area contributed by atoms with Gasteiger partial charge >= 0.3 is 0 Å². The molecule has 15 heavy (non-hydrogen) atoms. The minimum atomic E-state index is -0.216. The SMILES string of the molecule is Cn1ncc(Br)c1C(N)C1COCCO1. The predicted molar refractivity (Wildman–Crippen MR) is 58.4 cm³/mol. The number of halogens is 1.